The molecule has 11 aromatic rings. The number of furan rings is 2. The van der Waals surface area contributed by atoms with Crippen LogP contribution in [0.15, 0.2) is 197 Å². The Balaban J connectivity index is 1.24. The lowest BCUT2D eigenvalue weighted by atomic mass is 9.89. The maximum Gasteiger partial charge on any atom is 0.137 e. The predicted octanol–water partition coefficient (Wildman–Crippen LogP) is 14.6. The molecule has 0 radical (unpaired) electrons. The van der Waals surface area contributed by atoms with E-state index in [0.29, 0.717) is 0 Å². The van der Waals surface area contributed by atoms with Gasteiger partial charge >= 0.3 is 0 Å². The van der Waals surface area contributed by atoms with Gasteiger partial charge in [-0.25, -0.2) is 0 Å². The molecule has 0 saturated carbocycles. The Hall–Kier alpha value is -7.10. The zero-order chi connectivity index (χ0) is 34.9. The Morgan fingerprint density at radius 2 is 0.830 bits per heavy atom. The van der Waals surface area contributed by atoms with Crippen LogP contribution in [0, 0.1) is 0 Å². The third-order valence-corrected chi connectivity index (χ3v) is 10.7. The molecule has 0 bridgehead atoms. The van der Waals surface area contributed by atoms with Gasteiger partial charge in [0, 0.05) is 32.8 Å². The normalized spacial score (nSPS) is 11.8. The van der Waals surface area contributed by atoms with Crippen LogP contribution in [0.5, 0.6) is 0 Å². The van der Waals surface area contributed by atoms with Crippen LogP contribution in [0.25, 0.3) is 87.7 Å². The molecule has 0 spiro atoms. The molecule has 2 heterocycles. The highest BCUT2D eigenvalue weighted by atomic mass is 16.3. The zero-order valence-corrected chi connectivity index (χ0v) is 28.7. The van der Waals surface area contributed by atoms with Gasteiger partial charge in [0.25, 0.3) is 0 Å². The number of anilines is 3. The lowest BCUT2D eigenvalue weighted by molar-refractivity contribution is 0.668. The van der Waals surface area contributed by atoms with Gasteiger partial charge in [-0.3, -0.25) is 0 Å². The second kappa shape index (κ2) is 11.7. The van der Waals surface area contributed by atoms with Gasteiger partial charge in [-0.15, -0.1) is 0 Å². The molecule has 0 unspecified atom stereocenters. The van der Waals surface area contributed by atoms with Gasteiger partial charge in [0.1, 0.15) is 22.3 Å². The highest BCUT2D eigenvalue weighted by Gasteiger charge is 2.26. The number of para-hydroxylation sites is 2. The van der Waals surface area contributed by atoms with E-state index >= 15 is 0 Å². The molecule has 11 rings (SSSR count). The minimum absolute atomic E-state index is 0.857. The van der Waals surface area contributed by atoms with Crippen LogP contribution < -0.4 is 4.90 Å². The third kappa shape index (κ3) is 4.54. The maximum atomic E-state index is 6.50. The van der Waals surface area contributed by atoms with Crippen LogP contribution in [0.2, 0.25) is 0 Å². The van der Waals surface area contributed by atoms with Crippen LogP contribution in [-0.4, -0.2) is 0 Å². The van der Waals surface area contributed by atoms with Crippen molar-refractivity contribution in [2.24, 2.45) is 0 Å². The van der Waals surface area contributed by atoms with Crippen LogP contribution in [0.3, 0.4) is 0 Å². The van der Waals surface area contributed by atoms with Crippen molar-refractivity contribution >= 4 is 82.5 Å². The number of benzene rings is 9. The molecule has 53 heavy (non-hydrogen) atoms. The molecule has 0 aliphatic carbocycles. The van der Waals surface area contributed by atoms with E-state index in [9.17, 15) is 0 Å². The van der Waals surface area contributed by atoms with Gasteiger partial charge in [0.15, 0.2) is 0 Å². The van der Waals surface area contributed by atoms with Gasteiger partial charge in [-0.2, -0.15) is 0 Å². The van der Waals surface area contributed by atoms with Gasteiger partial charge in [0.05, 0.1) is 16.8 Å². The number of nitrogens with zero attached hydrogens (tertiary/aromatic N) is 1. The summed E-state index contributed by atoms with van der Waals surface area (Å²) in [7, 11) is 0. The summed E-state index contributed by atoms with van der Waals surface area (Å²) >= 11 is 0. The summed E-state index contributed by atoms with van der Waals surface area (Å²) in [4.78, 5) is 2.46. The Kier molecular flexibility index (Phi) is 6.55. The van der Waals surface area contributed by atoms with E-state index in [4.69, 9.17) is 8.83 Å². The first-order chi connectivity index (χ1) is 26.3. The molecular weight excluding hydrogens is 647 g/mol. The number of rotatable bonds is 5. The van der Waals surface area contributed by atoms with Crippen LogP contribution in [0.1, 0.15) is 0 Å². The molecule has 0 aliphatic heterocycles. The minimum Gasteiger partial charge on any atom is -0.456 e. The van der Waals surface area contributed by atoms with Gasteiger partial charge < -0.3 is 13.7 Å². The van der Waals surface area contributed by atoms with Gasteiger partial charge in [-0.1, -0.05) is 146 Å². The average molecular weight is 678 g/mol. The maximum absolute atomic E-state index is 6.50. The summed E-state index contributed by atoms with van der Waals surface area (Å²) in [5.74, 6) is 0. The highest BCUT2D eigenvalue weighted by Crippen LogP contribution is 2.51. The summed E-state index contributed by atoms with van der Waals surface area (Å²) < 4.78 is 12.8. The molecule has 9 aromatic carbocycles. The van der Waals surface area contributed by atoms with E-state index in [1.54, 1.807) is 0 Å². The molecule has 248 valence electrons. The third-order valence-electron chi connectivity index (χ3n) is 10.7. The summed E-state index contributed by atoms with van der Waals surface area (Å²) in [6.07, 6.45) is 0. The van der Waals surface area contributed by atoms with Gasteiger partial charge in [0.2, 0.25) is 0 Å². The second-order valence-corrected chi connectivity index (χ2v) is 13.6. The monoisotopic (exact) mass is 677 g/mol. The first-order valence-electron chi connectivity index (χ1n) is 18.0. The fourth-order valence-corrected chi connectivity index (χ4v) is 8.39. The number of hydrogen-bond acceptors (Lipinski definition) is 3. The zero-order valence-electron chi connectivity index (χ0n) is 28.7. The summed E-state index contributed by atoms with van der Waals surface area (Å²) in [6, 6.07) is 66.8. The average Bonchev–Trinajstić information content (AvgIpc) is 3.81. The van der Waals surface area contributed by atoms with Crippen molar-refractivity contribution in [3.63, 3.8) is 0 Å². The quantitative estimate of drug-likeness (QED) is 0.170. The summed E-state index contributed by atoms with van der Waals surface area (Å²) in [5, 5.41) is 9.25. The Morgan fingerprint density at radius 3 is 1.53 bits per heavy atom. The van der Waals surface area contributed by atoms with E-state index in [-0.39, 0.29) is 0 Å². The lowest BCUT2D eigenvalue weighted by Gasteiger charge is -2.31. The molecule has 0 saturated heterocycles. The first kappa shape index (κ1) is 29.6. The molecule has 0 atom stereocenters. The van der Waals surface area contributed by atoms with Crippen molar-refractivity contribution in [1.29, 1.82) is 0 Å². The van der Waals surface area contributed by atoms with Crippen molar-refractivity contribution in [3.05, 3.63) is 188 Å². The van der Waals surface area contributed by atoms with Crippen molar-refractivity contribution in [2.75, 3.05) is 4.90 Å². The minimum atomic E-state index is 0.857. The molecule has 0 aliphatic rings. The Labute approximate surface area is 305 Å². The standard InChI is InChI=1S/C50H31NO2/c1-2-14-33(15-3-1)47-38-18-6-4-16-36(38)37-17-5-7-19-39(37)50(47)51(42-23-13-27-46-49(42)41-21-9-11-25-44(41)53-46)34-30-28-32(29-31-34)35-22-12-26-45-48(35)40-20-8-10-24-43(40)52-45/h1-31H. The molecule has 0 amide bonds. The molecule has 0 fully saturated rings. The predicted molar refractivity (Wildman–Crippen MR) is 222 cm³/mol. The highest BCUT2D eigenvalue weighted by molar-refractivity contribution is 6.24. The van der Waals surface area contributed by atoms with Gasteiger partial charge in [-0.05, 0) is 75.3 Å². The van der Waals surface area contributed by atoms with Crippen molar-refractivity contribution in [2.45, 2.75) is 0 Å². The largest absolute Gasteiger partial charge is 0.456 e. The van der Waals surface area contributed by atoms with Crippen LogP contribution >= 0.6 is 0 Å². The number of hydrogen-bond donors (Lipinski definition) is 0. The van der Waals surface area contributed by atoms with E-state index in [1.807, 2.05) is 18.2 Å². The Bertz CT molecular complexity index is 3170. The van der Waals surface area contributed by atoms with E-state index < -0.39 is 0 Å². The van der Waals surface area contributed by atoms with Crippen LogP contribution in [-0.2, 0) is 0 Å². The number of fused-ring (bicyclic) bond motifs is 9. The van der Waals surface area contributed by atoms with E-state index in [0.717, 1.165) is 77.6 Å². The molecule has 3 nitrogen and oxygen atoms in total. The van der Waals surface area contributed by atoms with Crippen molar-refractivity contribution < 1.29 is 8.83 Å². The van der Waals surface area contributed by atoms with Crippen molar-refractivity contribution in [3.8, 4) is 22.3 Å². The SMILES string of the molecule is c1ccc(-c2c(N(c3ccc(-c4cccc5oc6ccccc6c45)cc3)c3cccc4oc5ccccc5c34)c3ccccc3c3ccccc23)cc1. The first-order valence-corrected chi connectivity index (χ1v) is 18.0. The molecule has 3 heteroatoms. The summed E-state index contributed by atoms with van der Waals surface area (Å²) in [6.45, 7) is 0. The molecular formula is C50H31NO2. The molecule has 0 N–H and O–H groups in total. The second-order valence-electron chi connectivity index (χ2n) is 13.6. The van der Waals surface area contributed by atoms with E-state index in [2.05, 4.69) is 175 Å². The van der Waals surface area contributed by atoms with Crippen molar-refractivity contribution in [1.82, 2.24) is 0 Å². The van der Waals surface area contributed by atoms with E-state index in [1.165, 1.54) is 27.1 Å². The lowest BCUT2D eigenvalue weighted by Crippen LogP contribution is -2.12. The fourth-order valence-electron chi connectivity index (χ4n) is 8.39. The smallest absolute Gasteiger partial charge is 0.137 e. The topological polar surface area (TPSA) is 29.5 Å². The fraction of sp³-hybridized carbons (Fsp3) is 0. The summed E-state index contributed by atoms with van der Waals surface area (Å²) in [5.41, 5.74) is 11.4. The van der Waals surface area contributed by atoms with Crippen LogP contribution in [0.4, 0.5) is 17.1 Å². The molecule has 2 aromatic heterocycles. The Morgan fingerprint density at radius 1 is 0.321 bits per heavy atom.